The highest BCUT2D eigenvalue weighted by atomic mass is 32.2. The predicted molar refractivity (Wildman–Crippen MR) is 101 cm³/mol. The molecule has 0 aliphatic carbocycles. The molecule has 0 spiro atoms. The Kier molecular flexibility index (Phi) is 4.40. The summed E-state index contributed by atoms with van der Waals surface area (Å²) in [6.45, 7) is 0.910. The maximum absolute atomic E-state index is 13.4. The fraction of sp³-hybridized carbons (Fsp3) is 0.450. The van der Waals surface area contributed by atoms with Gasteiger partial charge < -0.3 is 14.2 Å². The van der Waals surface area contributed by atoms with Crippen molar-refractivity contribution in [3.05, 3.63) is 42.7 Å². The Morgan fingerprint density at radius 3 is 2.36 bits per heavy atom. The van der Waals surface area contributed by atoms with Gasteiger partial charge in [-0.25, -0.2) is 8.42 Å². The molecule has 7 nitrogen and oxygen atoms in total. The molecule has 8 heteroatoms. The fourth-order valence-electron chi connectivity index (χ4n) is 4.49. The second kappa shape index (κ2) is 6.93. The van der Waals surface area contributed by atoms with Gasteiger partial charge in [0.15, 0.2) is 11.5 Å². The Morgan fingerprint density at radius 1 is 0.964 bits per heavy atom. The van der Waals surface area contributed by atoms with Crippen molar-refractivity contribution in [1.29, 1.82) is 0 Å². The summed E-state index contributed by atoms with van der Waals surface area (Å²) in [5.41, 5.74) is 0. The van der Waals surface area contributed by atoms with Crippen molar-refractivity contribution < 1.29 is 22.6 Å². The molecule has 2 atom stereocenters. The highest BCUT2D eigenvalue weighted by molar-refractivity contribution is 7.89. The average Bonchev–Trinajstić information content (AvgIpc) is 3.00. The third-order valence-electron chi connectivity index (χ3n) is 5.66. The van der Waals surface area contributed by atoms with Gasteiger partial charge in [0.2, 0.25) is 10.0 Å². The summed E-state index contributed by atoms with van der Waals surface area (Å²) in [5.74, 6) is 1.87. The first kappa shape index (κ1) is 17.8. The minimum absolute atomic E-state index is 0.0200. The molecule has 0 unspecified atom stereocenters. The topological polar surface area (TPSA) is 78.0 Å². The Morgan fingerprint density at radius 2 is 1.64 bits per heavy atom. The number of aromatic nitrogens is 1. The minimum atomic E-state index is -3.60. The third-order valence-corrected chi connectivity index (χ3v) is 7.67. The van der Waals surface area contributed by atoms with Gasteiger partial charge in [-0.15, -0.1) is 0 Å². The average molecular weight is 402 g/mol. The van der Waals surface area contributed by atoms with Crippen LogP contribution in [0, 0.1) is 0 Å². The Balaban J connectivity index is 1.37. The third kappa shape index (κ3) is 3.10. The smallest absolute Gasteiger partial charge is 0.243 e. The van der Waals surface area contributed by atoms with Crippen LogP contribution in [0.4, 0.5) is 0 Å². The van der Waals surface area contributed by atoms with Gasteiger partial charge >= 0.3 is 0 Å². The van der Waals surface area contributed by atoms with Crippen LogP contribution in [0.1, 0.15) is 25.7 Å². The lowest BCUT2D eigenvalue weighted by Gasteiger charge is -2.38. The van der Waals surface area contributed by atoms with Crippen LogP contribution in [0.15, 0.2) is 47.6 Å². The molecule has 5 rings (SSSR count). The van der Waals surface area contributed by atoms with E-state index in [4.69, 9.17) is 14.2 Å². The molecule has 1 aromatic carbocycles. The zero-order valence-corrected chi connectivity index (χ0v) is 16.2. The molecular formula is C20H22N2O5S. The zero-order valence-electron chi connectivity index (χ0n) is 15.4. The maximum atomic E-state index is 13.4. The highest BCUT2D eigenvalue weighted by Gasteiger charge is 2.48. The molecular weight excluding hydrogens is 380 g/mol. The first-order valence-electron chi connectivity index (χ1n) is 9.61. The van der Waals surface area contributed by atoms with Gasteiger partial charge in [-0.1, -0.05) is 0 Å². The van der Waals surface area contributed by atoms with Crippen molar-refractivity contribution in [1.82, 2.24) is 9.29 Å². The van der Waals surface area contributed by atoms with E-state index in [2.05, 4.69) is 4.98 Å². The largest absolute Gasteiger partial charge is 0.490 e. The van der Waals surface area contributed by atoms with Crippen molar-refractivity contribution in [2.75, 3.05) is 13.2 Å². The lowest BCUT2D eigenvalue weighted by atomic mass is 10.0. The van der Waals surface area contributed by atoms with Crippen molar-refractivity contribution in [2.45, 2.75) is 48.8 Å². The van der Waals surface area contributed by atoms with Crippen molar-refractivity contribution in [3.8, 4) is 17.2 Å². The summed E-state index contributed by atoms with van der Waals surface area (Å²) >= 11 is 0. The van der Waals surface area contributed by atoms with Gasteiger partial charge in [-0.05, 0) is 37.1 Å². The number of ether oxygens (including phenoxy) is 3. The number of hydrogen-bond acceptors (Lipinski definition) is 6. The molecule has 28 heavy (non-hydrogen) atoms. The molecule has 3 aliphatic rings. The monoisotopic (exact) mass is 402 g/mol. The molecule has 3 aliphatic heterocycles. The van der Waals surface area contributed by atoms with Gasteiger partial charge in [0.25, 0.3) is 0 Å². The van der Waals surface area contributed by atoms with E-state index in [1.54, 1.807) is 34.9 Å². The van der Waals surface area contributed by atoms with E-state index in [-0.39, 0.29) is 23.1 Å². The molecule has 2 saturated heterocycles. The van der Waals surface area contributed by atoms with Gasteiger partial charge in [0, 0.05) is 43.4 Å². The van der Waals surface area contributed by atoms with Crippen LogP contribution >= 0.6 is 0 Å². The molecule has 0 saturated carbocycles. The Labute approximate surface area is 164 Å². The summed E-state index contributed by atoms with van der Waals surface area (Å²) in [5, 5.41) is 0. The number of benzene rings is 1. The van der Waals surface area contributed by atoms with E-state index >= 15 is 0 Å². The zero-order chi connectivity index (χ0) is 19.1. The number of nitrogens with zero attached hydrogens (tertiary/aromatic N) is 2. The van der Waals surface area contributed by atoms with Crippen LogP contribution in [0.2, 0.25) is 0 Å². The van der Waals surface area contributed by atoms with Crippen LogP contribution in [0.3, 0.4) is 0 Å². The van der Waals surface area contributed by atoms with E-state index in [1.807, 2.05) is 12.1 Å². The highest BCUT2D eigenvalue weighted by Crippen LogP contribution is 2.42. The summed E-state index contributed by atoms with van der Waals surface area (Å²) in [6.07, 6.45) is 6.55. The second-order valence-electron chi connectivity index (χ2n) is 7.42. The molecule has 1 aromatic heterocycles. The van der Waals surface area contributed by atoms with E-state index in [9.17, 15) is 8.42 Å². The SMILES string of the molecule is O=S(=O)(c1ccc2c(c1)OCCO2)N1[C@H]2CC[C@H]1CC(Oc1ccncc1)C2. The first-order chi connectivity index (χ1) is 13.6. The molecule has 0 N–H and O–H groups in total. The number of hydrogen-bond donors (Lipinski definition) is 0. The lowest BCUT2D eigenvalue weighted by Crippen LogP contribution is -2.49. The first-order valence-corrected chi connectivity index (χ1v) is 11.0. The molecule has 4 heterocycles. The lowest BCUT2D eigenvalue weighted by molar-refractivity contribution is 0.0955. The van der Waals surface area contributed by atoms with E-state index in [0.717, 1.165) is 18.6 Å². The molecule has 2 aromatic rings. The number of rotatable bonds is 4. The molecule has 2 bridgehead atoms. The normalized spacial score (nSPS) is 26.8. The van der Waals surface area contributed by atoms with Gasteiger partial charge in [-0.3, -0.25) is 4.98 Å². The fourth-order valence-corrected chi connectivity index (χ4v) is 6.40. The quantitative estimate of drug-likeness (QED) is 0.782. The molecule has 2 fully saturated rings. The Hall–Kier alpha value is -2.32. The van der Waals surface area contributed by atoms with Crippen LogP contribution < -0.4 is 14.2 Å². The number of sulfonamides is 1. The van der Waals surface area contributed by atoms with Crippen LogP contribution in [-0.4, -0.2) is 49.1 Å². The summed E-state index contributed by atoms with van der Waals surface area (Å²) < 4.78 is 45.6. The van der Waals surface area contributed by atoms with Gasteiger partial charge in [-0.2, -0.15) is 4.31 Å². The van der Waals surface area contributed by atoms with Gasteiger partial charge in [0.1, 0.15) is 25.1 Å². The van der Waals surface area contributed by atoms with Crippen molar-refractivity contribution in [3.63, 3.8) is 0 Å². The Bertz CT molecular complexity index is 952. The molecule has 0 radical (unpaired) electrons. The summed E-state index contributed by atoms with van der Waals surface area (Å²) in [7, 11) is -3.60. The number of fused-ring (bicyclic) bond motifs is 3. The standard InChI is InChI=1S/C20H22N2O5S/c23-28(24,18-3-4-19-20(13-18)26-10-9-25-19)22-14-1-2-15(22)12-17(11-14)27-16-5-7-21-8-6-16/h3-8,13-15,17H,1-2,9-12H2/t14-,15-/m0/s1. The number of piperidine rings is 1. The van der Waals surface area contributed by atoms with Crippen LogP contribution in [0.5, 0.6) is 17.2 Å². The summed E-state index contributed by atoms with van der Waals surface area (Å²) in [4.78, 5) is 4.27. The number of pyridine rings is 1. The van der Waals surface area contributed by atoms with E-state index < -0.39 is 10.0 Å². The molecule has 0 amide bonds. The van der Waals surface area contributed by atoms with E-state index in [0.29, 0.717) is 37.6 Å². The van der Waals surface area contributed by atoms with Crippen molar-refractivity contribution in [2.24, 2.45) is 0 Å². The maximum Gasteiger partial charge on any atom is 0.243 e. The predicted octanol–water partition coefficient (Wildman–Crippen LogP) is 2.62. The van der Waals surface area contributed by atoms with E-state index in [1.165, 1.54) is 0 Å². The molecule has 148 valence electrons. The van der Waals surface area contributed by atoms with Crippen molar-refractivity contribution >= 4 is 10.0 Å². The van der Waals surface area contributed by atoms with Gasteiger partial charge in [0.05, 0.1) is 4.90 Å². The second-order valence-corrected chi connectivity index (χ2v) is 9.26. The minimum Gasteiger partial charge on any atom is -0.490 e. The van der Waals surface area contributed by atoms with Crippen LogP contribution in [-0.2, 0) is 10.0 Å². The van der Waals surface area contributed by atoms with Crippen LogP contribution in [0.25, 0.3) is 0 Å². The summed E-state index contributed by atoms with van der Waals surface area (Å²) in [6, 6.07) is 8.47.